The molecule has 0 spiro atoms. The molecule has 0 aromatic carbocycles. The van der Waals surface area contributed by atoms with Crippen LogP contribution in [0.1, 0.15) is 46.5 Å². The molecular weight excluding hydrogens is 256 g/mol. The van der Waals surface area contributed by atoms with Crippen molar-refractivity contribution in [1.29, 1.82) is 0 Å². The molecule has 0 aromatic rings. The van der Waals surface area contributed by atoms with E-state index in [4.69, 9.17) is 0 Å². The predicted molar refractivity (Wildman–Crippen MR) is 85.7 cm³/mol. The minimum Gasteiger partial charge on any atom is -0.393 e. The summed E-state index contributed by atoms with van der Waals surface area (Å²) in [6.07, 6.45) is 13.5. The molecule has 1 heteroatoms. The first-order valence-electron chi connectivity index (χ1n) is 8.49. The van der Waals surface area contributed by atoms with E-state index < -0.39 is 0 Å². The molecule has 2 fully saturated rings. The molecule has 2 saturated carbocycles. The second-order valence-electron chi connectivity index (χ2n) is 8.06. The van der Waals surface area contributed by atoms with Crippen LogP contribution in [-0.2, 0) is 0 Å². The van der Waals surface area contributed by atoms with Crippen molar-refractivity contribution in [2.45, 2.75) is 52.6 Å². The summed E-state index contributed by atoms with van der Waals surface area (Å²) in [6, 6.07) is 0. The monoisotopic (exact) mass is 282 g/mol. The number of allylic oxidation sites excluding steroid dienone is 5. The number of aliphatic hydroxyl groups is 1. The lowest BCUT2D eigenvalue weighted by atomic mass is 9.49. The third kappa shape index (κ3) is 1.57. The summed E-state index contributed by atoms with van der Waals surface area (Å²) in [7, 11) is 0. The van der Waals surface area contributed by atoms with Crippen LogP contribution in [0.5, 0.6) is 0 Å². The lowest BCUT2D eigenvalue weighted by Crippen LogP contribution is -2.49. The number of hydrogen-bond donors (Lipinski definition) is 1. The lowest BCUT2D eigenvalue weighted by molar-refractivity contribution is -0.0383. The number of hydrogen-bond acceptors (Lipinski definition) is 1. The molecule has 0 bridgehead atoms. The van der Waals surface area contributed by atoms with Gasteiger partial charge in [-0.25, -0.2) is 0 Å². The fraction of sp³-hybridized carbons (Fsp3) is 0.650. The highest BCUT2D eigenvalue weighted by molar-refractivity contribution is 5.45. The van der Waals surface area contributed by atoms with Crippen LogP contribution >= 0.6 is 0 Å². The van der Waals surface area contributed by atoms with Gasteiger partial charge in [-0.1, -0.05) is 37.6 Å². The van der Waals surface area contributed by atoms with Crippen LogP contribution in [0, 0.1) is 28.6 Å². The molecule has 1 N–H and O–H groups in total. The summed E-state index contributed by atoms with van der Waals surface area (Å²) in [5.74, 6) is 1.90. The van der Waals surface area contributed by atoms with Gasteiger partial charge >= 0.3 is 0 Å². The number of aliphatic hydroxyl groups excluding tert-OH is 1. The first kappa shape index (κ1) is 13.6. The molecule has 0 radical (unpaired) electrons. The maximum atomic E-state index is 10.5. The van der Waals surface area contributed by atoms with Crippen molar-refractivity contribution in [3.63, 3.8) is 0 Å². The highest BCUT2D eigenvalue weighted by atomic mass is 16.3. The Kier molecular flexibility index (Phi) is 2.75. The zero-order valence-electron chi connectivity index (χ0n) is 13.4. The molecule has 0 aliphatic heterocycles. The third-order valence-corrected chi connectivity index (χ3v) is 7.44. The molecule has 4 aliphatic carbocycles. The van der Waals surface area contributed by atoms with E-state index in [1.54, 1.807) is 0 Å². The minimum absolute atomic E-state index is 0.0991. The van der Waals surface area contributed by atoms with Crippen LogP contribution in [-0.4, -0.2) is 11.2 Å². The molecule has 0 saturated heterocycles. The molecule has 0 heterocycles. The maximum Gasteiger partial charge on any atom is 0.0596 e. The highest BCUT2D eigenvalue weighted by Gasteiger charge is 2.57. The fourth-order valence-electron chi connectivity index (χ4n) is 5.80. The standard InChI is InChI=1S/C20H26O/c1-13-5-4-6-14-7-8-15-16-9-10-18(21)19(16,2)12-11-17(15)20(13,14)3/h4-6,8,15-18,21H,9-12H2,1-3H3/t15-,16-,17-,18-,19-,20-/m0/s1. The molecule has 4 rings (SSSR count). The Morgan fingerprint density at radius 2 is 2.00 bits per heavy atom. The SMILES string of the molecule is CC1=CC=CC2=C=C[C@@H]3[C@H](CC[C@]4(C)[C@@H](O)CC[C@@H]34)[C@]21C. The molecule has 6 atom stereocenters. The van der Waals surface area contributed by atoms with Crippen LogP contribution in [0.15, 0.2) is 41.2 Å². The molecule has 0 unspecified atom stereocenters. The molecule has 0 aromatic heterocycles. The van der Waals surface area contributed by atoms with Gasteiger partial charge < -0.3 is 5.11 Å². The van der Waals surface area contributed by atoms with Gasteiger partial charge in [-0.15, -0.1) is 5.73 Å². The van der Waals surface area contributed by atoms with Crippen molar-refractivity contribution in [3.05, 3.63) is 41.2 Å². The summed E-state index contributed by atoms with van der Waals surface area (Å²) < 4.78 is 0. The fourth-order valence-corrected chi connectivity index (χ4v) is 5.80. The molecule has 112 valence electrons. The van der Waals surface area contributed by atoms with Crippen LogP contribution in [0.3, 0.4) is 0 Å². The van der Waals surface area contributed by atoms with Gasteiger partial charge in [0, 0.05) is 11.0 Å². The van der Waals surface area contributed by atoms with E-state index >= 15 is 0 Å². The number of fused-ring (bicyclic) bond motifs is 5. The average molecular weight is 282 g/mol. The Morgan fingerprint density at radius 1 is 1.19 bits per heavy atom. The Morgan fingerprint density at radius 3 is 2.81 bits per heavy atom. The predicted octanol–water partition coefficient (Wildman–Crippen LogP) is 4.41. The van der Waals surface area contributed by atoms with Gasteiger partial charge in [0.25, 0.3) is 0 Å². The molecular formula is C20H26O. The van der Waals surface area contributed by atoms with Gasteiger partial charge in [0.05, 0.1) is 6.10 Å². The summed E-state index contributed by atoms with van der Waals surface area (Å²) >= 11 is 0. The van der Waals surface area contributed by atoms with Gasteiger partial charge in [-0.3, -0.25) is 0 Å². The second-order valence-corrected chi connectivity index (χ2v) is 8.06. The van der Waals surface area contributed by atoms with Crippen LogP contribution in [0.2, 0.25) is 0 Å². The number of rotatable bonds is 0. The average Bonchev–Trinajstić information content (AvgIpc) is 2.76. The van der Waals surface area contributed by atoms with E-state index in [9.17, 15) is 5.11 Å². The molecule has 4 aliphatic rings. The van der Waals surface area contributed by atoms with E-state index in [0.717, 1.165) is 6.42 Å². The Bertz CT molecular complexity index is 603. The van der Waals surface area contributed by atoms with Crippen LogP contribution < -0.4 is 0 Å². The molecule has 0 amide bonds. The van der Waals surface area contributed by atoms with Crippen molar-refractivity contribution in [2.24, 2.45) is 28.6 Å². The summed E-state index contributed by atoms with van der Waals surface area (Å²) in [5.41, 5.74) is 6.76. The van der Waals surface area contributed by atoms with E-state index in [0.29, 0.717) is 17.8 Å². The topological polar surface area (TPSA) is 20.2 Å². The first-order valence-corrected chi connectivity index (χ1v) is 8.49. The molecule has 1 nitrogen and oxygen atoms in total. The largest absolute Gasteiger partial charge is 0.393 e. The van der Waals surface area contributed by atoms with Gasteiger partial charge in [0.15, 0.2) is 0 Å². The van der Waals surface area contributed by atoms with Crippen LogP contribution in [0.4, 0.5) is 0 Å². The van der Waals surface area contributed by atoms with Crippen molar-refractivity contribution in [2.75, 3.05) is 0 Å². The third-order valence-electron chi connectivity index (χ3n) is 7.44. The van der Waals surface area contributed by atoms with Crippen molar-refractivity contribution in [1.82, 2.24) is 0 Å². The maximum absolute atomic E-state index is 10.5. The Hall–Kier alpha value is -1.04. The van der Waals surface area contributed by atoms with Crippen molar-refractivity contribution < 1.29 is 5.11 Å². The summed E-state index contributed by atoms with van der Waals surface area (Å²) in [6.45, 7) is 7.03. The first-order chi connectivity index (χ1) is 9.98. The zero-order valence-corrected chi connectivity index (χ0v) is 13.4. The summed E-state index contributed by atoms with van der Waals surface area (Å²) in [4.78, 5) is 0. The van der Waals surface area contributed by atoms with Gasteiger partial charge in [-0.2, -0.15) is 0 Å². The quantitative estimate of drug-likeness (QED) is 0.653. The normalized spacial score (nSPS) is 50.9. The smallest absolute Gasteiger partial charge is 0.0596 e. The second kappa shape index (κ2) is 4.24. The molecule has 21 heavy (non-hydrogen) atoms. The van der Waals surface area contributed by atoms with Crippen LogP contribution in [0.25, 0.3) is 0 Å². The lowest BCUT2D eigenvalue weighted by Gasteiger charge is -2.54. The highest BCUT2D eigenvalue weighted by Crippen LogP contribution is 2.63. The van der Waals surface area contributed by atoms with Gasteiger partial charge in [-0.05, 0) is 61.9 Å². The Labute approximate surface area is 128 Å². The summed E-state index contributed by atoms with van der Waals surface area (Å²) in [5, 5.41) is 10.5. The van der Waals surface area contributed by atoms with Gasteiger partial charge in [0.2, 0.25) is 0 Å². The van der Waals surface area contributed by atoms with E-state index in [2.05, 4.69) is 50.8 Å². The van der Waals surface area contributed by atoms with Crippen molar-refractivity contribution in [3.8, 4) is 0 Å². The van der Waals surface area contributed by atoms with Gasteiger partial charge in [0.1, 0.15) is 0 Å². The zero-order chi connectivity index (χ0) is 14.8. The van der Waals surface area contributed by atoms with Crippen molar-refractivity contribution >= 4 is 0 Å². The van der Waals surface area contributed by atoms with E-state index in [-0.39, 0.29) is 16.9 Å². The Balaban J connectivity index is 1.82. The van der Waals surface area contributed by atoms with E-state index in [1.807, 2.05) is 0 Å². The minimum atomic E-state index is -0.0991. The van der Waals surface area contributed by atoms with E-state index in [1.165, 1.54) is 30.4 Å².